The summed E-state index contributed by atoms with van der Waals surface area (Å²) in [5, 5.41) is 0.783. The molecule has 76 valence electrons. The standard InChI is InChI=1S/C9H7Br2ClO2/c1-14-9-5(7(13)4-10)2-3-6(12)8(9)11/h2-3H,4H2,1H3. The van der Waals surface area contributed by atoms with E-state index in [0.717, 1.165) is 0 Å². The summed E-state index contributed by atoms with van der Waals surface area (Å²) in [6.45, 7) is 0. The summed E-state index contributed by atoms with van der Waals surface area (Å²) < 4.78 is 5.71. The lowest BCUT2D eigenvalue weighted by atomic mass is 10.1. The van der Waals surface area contributed by atoms with Gasteiger partial charge in [-0.1, -0.05) is 27.5 Å². The van der Waals surface area contributed by atoms with Gasteiger partial charge in [0.2, 0.25) is 0 Å². The number of carbonyl (C=O) groups excluding carboxylic acids is 1. The van der Waals surface area contributed by atoms with Crippen molar-refractivity contribution in [2.75, 3.05) is 12.4 Å². The number of rotatable bonds is 3. The molecule has 0 saturated heterocycles. The summed E-state index contributed by atoms with van der Waals surface area (Å²) in [5.74, 6) is 0.432. The number of hydrogen-bond donors (Lipinski definition) is 0. The van der Waals surface area contributed by atoms with Crippen LogP contribution in [0.25, 0.3) is 0 Å². The van der Waals surface area contributed by atoms with Gasteiger partial charge in [-0.25, -0.2) is 0 Å². The number of Topliss-reactive ketones (excluding diaryl/α,β-unsaturated/α-hetero) is 1. The van der Waals surface area contributed by atoms with Gasteiger partial charge in [0, 0.05) is 0 Å². The van der Waals surface area contributed by atoms with Crippen molar-refractivity contribution in [3.8, 4) is 5.75 Å². The van der Waals surface area contributed by atoms with Gasteiger partial charge in [-0.05, 0) is 28.1 Å². The number of benzene rings is 1. The molecule has 5 heteroatoms. The first-order valence-electron chi connectivity index (χ1n) is 3.73. The van der Waals surface area contributed by atoms with Crippen molar-refractivity contribution in [2.24, 2.45) is 0 Å². The van der Waals surface area contributed by atoms with Gasteiger partial charge in [0.05, 0.1) is 27.5 Å². The Kier molecular flexibility index (Phi) is 4.41. The van der Waals surface area contributed by atoms with Gasteiger partial charge >= 0.3 is 0 Å². The van der Waals surface area contributed by atoms with Crippen molar-refractivity contribution in [2.45, 2.75) is 0 Å². The van der Waals surface area contributed by atoms with Crippen LogP contribution < -0.4 is 4.74 Å². The highest BCUT2D eigenvalue weighted by Crippen LogP contribution is 2.35. The van der Waals surface area contributed by atoms with Crippen LogP contribution in [-0.4, -0.2) is 18.2 Å². The Bertz CT molecular complexity index is 366. The monoisotopic (exact) mass is 340 g/mol. The first-order valence-corrected chi connectivity index (χ1v) is 6.02. The normalized spacial score (nSPS) is 10.0. The van der Waals surface area contributed by atoms with Crippen LogP contribution in [0.5, 0.6) is 5.75 Å². The van der Waals surface area contributed by atoms with Crippen LogP contribution >= 0.6 is 43.5 Å². The molecule has 0 bridgehead atoms. The predicted octanol–water partition coefficient (Wildman–Crippen LogP) is 3.69. The molecule has 1 aromatic carbocycles. The van der Waals surface area contributed by atoms with E-state index < -0.39 is 0 Å². The second-order valence-electron chi connectivity index (χ2n) is 2.50. The van der Waals surface area contributed by atoms with Crippen molar-refractivity contribution in [1.82, 2.24) is 0 Å². The zero-order chi connectivity index (χ0) is 10.7. The molecule has 0 aliphatic carbocycles. The van der Waals surface area contributed by atoms with Gasteiger partial charge in [-0.3, -0.25) is 4.79 Å². The van der Waals surface area contributed by atoms with Crippen molar-refractivity contribution >= 4 is 49.2 Å². The van der Waals surface area contributed by atoms with Crippen LogP contribution in [0, 0.1) is 0 Å². The number of ether oxygens (including phenoxy) is 1. The minimum atomic E-state index is -0.0424. The predicted molar refractivity (Wildman–Crippen MR) is 63.8 cm³/mol. The number of ketones is 1. The van der Waals surface area contributed by atoms with Crippen LogP contribution in [0.1, 0.15) is 10.4 Å². The van der Waals surface area contributed by atoms with E-state index in [9.17, 15) is 4.79 Å². The number of carbonyl (C=O) groups is 1. The highest BCUT2D eigenvalue weighted by molar-refractivity contribution is 9.10. The fraction of sp³-hybridized carbons (Fsp3) is 0.222. The third kappa shape index (κ3) is 2.30. The summed E-state index contributed by atoms with van der Waals surface area (Å²) in [6, 6.07) is 3.31. The van der Waals surface area contributed by atoms with E-state index in [1.807, 2.05) is 0 Å². The van der Waals surface area contributed by atoms with Crippen LogP contribution in [0.3, 0.4) is 0 Å². The van der Waals surface area contributed by atoms with Crippen LogP contribution in [0.15, 0.2) is 16.6 Å². The van der Waals surface area contributed by atoms with E-state index in [4.69, 9.17) is 16.3 Å². The average molecular weight is 342 g/mol. The second-order valence-corrected chi connectivity index (χ2v) is 4.26. The first-order chi connectivity index (χ1) is 6.61. The molecule has 0 atom stereocenters. The van der Waals surface area contributed by atoms with E-state index in [0.29, 0.717) is 20.8 Å². The molecule has 1 aromatic rings. The Morgan fingerprint density at radius 3 is 2.71 bits per heavy atom. The summed E-state index contributed by atoms with van der Waals surface area (Å²) in [4.78, 5) is 11.5. The highest BCUT2D eigenvalue weighted by atomic mass is 79.9. The lowest BCUT2D eigenvalue weighted by Crippen LogP contribution is -2.03. The fourth-order valence-electron chi connectivity index (χ4n) is 1.02. The van der Waals surface area contributed by atoms with Crippen LogP contribution in [0.2, 0.25) is 5.02 Å². The molecule has 1 rings (SSSR count). The van der Waals surface area contributed by atoms with E-state index in [-0.39, 0.29) is 11.1 Å². The summed E-state index contributed by atoms with van der Waals surface area (Å²) >= 11 is 12.2. The summed E-state index contributed by atoms with van der Waals surface area (Å²) in [7, 11) is 1.50. The van der Waals surface area contributed by atoms with Crippen molar-refractivity contribution in [3.63, 3.8) is 0 Å². The van der Waals surface area contributed by atoms with Gasteiger partial charge in [0.1, 0.15) is 5.75 Å². The third-order valence-corrected chi connectivity index (χ3v) is 3.52. The molecular weight excluding hydrogens is 335 g/mol. The number of hydrogen-bond acceptors (Lipinski definition) is 2. The molecule has 0 spiro atoms. The maximum Gasteiger partial charge on any atom is 0.177 e. The van der Waals surface area contributed by atoms with Gasteiger partial charge in [-0.2, -0.15) is 0 Å². The van der Waals surface area contributed by atoms with Gasteiger partial charge in [0.25, 0.3) is 0 Å². The molecule has 14 heavy (non-hydrogen) atoms. The quantitative estimate of drug-likeness (QED) is 0.619. The van der Waals surface area contributed by atoms with E-state index in [2.05, 4.69) is 31.9 Å². The summed E-state index contributed by atoms with van der Waals surface area (Å²) in [6.07, 6.45) is 0. The molecular formula is C9H7Br2ClO2. The van der Waals surface area contributed by atoms with Gasteiger partial charge < -0.3 is 4.74 Å². The lowest BCUT2D eigenvalue weighted by Gasteiger charge is -2.09. The molecule has 0 amide bonds. The molecule has 0 aliphatic heterocycles. The fourth-order valence-corrected chi connectivity index (χ4v) is 1.98. The Morgan fingerprint density at radius 1 is 1.57 bits per heavy atom. The Hall–Kier alpha value is -0.0600. The zero-order valence-electron chi connectivity index (χ0n) is 7.31. The molecule has 0 fully saturated rings. The van der Waals surface area contributed by atoms with E-state index in [1.54, 1.807) is 12.1 Å². The zero-order valence-corrected chi connectivity index (χ0v) is 11.2. The maximum atomic E-state index is 11.5. The van der Waals surface area contributed by atoms with Crippen LogP contribution in [0.4, 0.5) is 0 Å². The second kappa shape index (κ2) is 5.14. The lowest BCUT2D eigenvalue weighted by molar-refractivity contribution is 0.102. The highest BCUT2D eigenvalue weighted by Gasteiger charge is 2.15. The number of methoxy groups -OCH3 is 1. The SMILES string of the molecule is COc1c(C(=O)CBr)ccc(Cl)c1Br. The maximum absolute atomic E-state index is 11.5. The molecule has 0 radical (unpaired) electrons. The smallest absolute Gasteiger partial charge is 0.177 e. The average Bonchev–Trinajstić information content (AvgIpc) is 2.20. The van der Waals surface area contributed by atoms with Crippen LogP contribution in [-0.2, 0) is 0 Å². The molecule has 2 nitrogen and oxygen atoms in total. The Morgan fingerprint density at radius 2 is 2.21 bits per heavy atom. The Labute approximate surface area is 104 Å². The Balaban J connectivity index is 3.31. The topological polar surface area (TPSA) is 26.3 Å². The van der Waals surface area contributed by atoms with Crippen molar-refractivity contribution in [1.29, 1.82) is 0 Å². The molecule has 0 N–H and O–H groups in total. The van der Waals surface area contributed by atoms with Crippen molar-refractivity contribution in [3.05, 3.63) is 27.2 Å². The molecule has 0 aromatic heterocycles. The first kappa shape index (κ1) is 12.0. The minimum Gasteiger partial charge on any atom is -0.495 e. The van der Waals surface area contributed by atoms with Gasteiger partial charge in [-0.15, -0.1) is 0 Å². The van der Waals surface area contributed by atoms with E-state index in [1.165, 1.54) is 7.11 Å². The number of alkyl halides is 1. The third-order valence-electron chi connectivity index (χ3n) is 1.68. The molecule has 0 saturated carbocycles. The minimum absolute atomic E-state index is 0.0424. The molecule has 0 aliphatic rings. The van der Waals surface area contributed by atoms with Crippen molar-refractivity contribution < 1.29 is 9.53 Å². The molecule has 0 unspecified atom stereocenters. The molecule has 0 heterocycles. The van der Waals surface area contributed by atoms with E-state index >= 15 is 0 Å². The largest absolute Gasteiger partial charge is 0.495 e. The summed E-state index contributed by atoms with van der Waals surface area (Å²) in [5.41, 5.74) is 0.514. The van der Waals surface area contributed by atoms with Gasteiger partial charge in [0.15, 0.2) is 5.78 Å². The number of halogens is 3.